The molecule has 156 valence electrons. The molecule has 29 heavy (non-hydrogen) atoms. The molecule has 0 bridgehead atoms. The Balaban J connectivity index is 1.40. The Bertz CT molecular complexity index is 1020. The smallest absolute Gasteiger partial charge is 0.341 e. The molecule has 0 unspecified atom stereocenters. The van der Waals surface area contributed by atoms with Gasteiger partial charge in [0.2, 0.25) is 10.0 Å². The number of ether oxygens (including phenoxy) is 1. The fourth-order valence-electron chi connectivity index (χ4n) is 4.27. The van der Waals surface area contributed by atoms with Crippen LogP contribution in [0.25, 0.3) is 0 Å². The van der Waals surface area contributed by atoms with Crippen molar-refractivity contribution in [3.8, 4) is 0 Å². The van der Waals surface area contributed by atoms with E-state index in [2.05, 4.69) is 0 Å². The molecular formula is C21H27N2O5S+. The van der Waals surface area contributed by atoms with Gasteiger partial charge in [0.1, 0.15) is 17.9 Å². The van der Waals surface area contributed by atoms with E-state index in [4.69, 9.17) is 9.15 Å². The molecule has 0 radical (unpaired) electrons. The zero-order chi connectivity index (χ0) is 20.6. The third-order valence-electron chi connectivity index (χ3n) is 5.94. The summed E-state index contributed by atoms with van der Waals surface area (Å²) in [5.41, 5.74) is 2.89. The fraction of sp³-hybridized carbons (Fsp3) is 0.476. The van der Waals surface area contributed by atoms with Gasteiger partial charge in [-0.3, -0.25) is 0 Å². The first-order chi connectivity index (χ1) is 13.9. The fourth-order valence-corrected chi connectivity index (χ4v) is 5.76. The monoisotopic (exact) mass is 419 g/mol. The second kappa shape index (κ2) is 7.93. The van der Waals surface area contributed by atoms with Gasteiger partial charge in [-0.15, -0.1) is 0 Å². The zero-order valence-electron chi connectivity index (χ0n) is 16.9. The average Bonchev–Trinajstić information content (AvgIpc) is 3.33. The minimum atomic E-state index is -3.46. The van der Waals surface area contributed by atoms with Gasteiger partial charge in [0, 0.05) is 6.07 Å². The molecule has 1 aliphatic carbocycles. The lowest BCUT2D eigenvalue weighted by molar-refractivity contribution is -0.918. The number of piperazine rings is 1. The first-order valence-corrected chi connectivity index (χ1v) is 11.5. The molecular weight excluding hydrogens is 392 g/mol. The van der Waals surface area contributed by atoms with Crippen LogP contribution in [-0.4, -0.2) is 52.0 Å². The highest BCUT2D eigenvalue weighted by atomic mass is 32.2. The number of nitrogens with one attached hydrogen (secondary N) is 1. The molecule has 1 aliphatic heterocycles. The number of carbonyl (C=O) groups is 1. The van der Waals surface area contributed by atoms with E-state index in [1.165, 1.54) is 23.1 Å². The summed E-state index contributed by atoms with van der Waals surface area (Å²) in [5, 5.41) is 0. The highest BCUT2D eigenvalue weighted by molar-refractivity contribution is 7.89. The average molecular weight is 420 g/mol. The highest BCUT2D eigenvalue weighted by Gasteiger charge is 2.31. The van der Waals surface area contributed by atoms with E-state index in [1.807, 2.05) is 12.1 Å². The minimum absolute atomic E-state index is 0.405. The number of rotatable bonds is 5. The van der Waals surface area contributed by atoms with Gasteiger partial charge < -0.3 is 14.1 Å². The molecule has 8 heteroatoms. The number of quaternary nitrogens is 1. The maximum Gasteiger partial charge on any atom is 0.341 e. The molecule has 1 fully saturated rings. The predicted molar refractivity (Wildman–Crippen MR) is 106 cm³/mol. The molecule has 1 aromatic heterocycles. The normalized spacial score (nSPS) is 18.0. The number of aryl methyl sites for hydroxylation is 3. The molecule has 4 rings (SSSR count). The Kier molecular flexibility index (Phi) is 5.50. The summed E-state index contributed by atoms with van der Waals surface area (Å²) < 4.78 is 38.1. The molecule has 0 saturated carbocycles. The van der Waals surface area contributed by atoms with Crippen LogP contribution in [0.2, 0.25) is 0 Å². The number of benzene rings is 1. The summed E-state index contributed by atoms with van der Waals surface area (Å²) in [6, 6.07) is 7.30. The van der Waals surface area contributed by atoms with Crippen molar-refractivity contribution in [2.75, 3.05) is 33.3 Å². The lowest BCUT2D eigenvalue weighted by Gasteiger charge is -2.31. The van der Waals surface area contributed by atoms with Gasteiger partial charge >= 0.3 is 5.97 Å². The number of esters is 1. The van der Waals surface area contributed by atoms with Crippen LogP contribution in [-0.2, 0) is 34.1 Å². The number of sulfonamides is 1. The van der Waals surface area contributed by atoms with Crippen LogP contribution in [0.1, 0.15) is 39.4 Å². The van der Waals surface area contributed by atoms with Crippen molar-refractivity contribution >= 4 is 16.0 Å². The van der Waals surface area contributed by atoms with Gasteiger partial charge in [0.15, 0.2) is 5.76 Å². The maximum atomic E-state index is 13.1. The predicted octanol–water partition coefficient (Wildman–Crippen LogP) is 0.953. The largest absolute Gasteiger partial charge is 0.465 e. The number of hydrogen-bond acceptors (Lipinski definition) is 5. The van der Waals surface area contributed by atoms with Crippen LogP contribution in [0.15, 0.2) is 33.6 Å². The number of hydrogen-bond donors (Lipinski definition) is 1. The highest BCUT2D eigenvalue weighted by Crippen LogP contribution is 2.26. The van der Waals surface area contributed by atoms with E-state index in [9.17, 15) is 13.2 Å². The lowest BCUT2D eigenvalue weighted by atomic mass is 10.1. The van der Waals surface area contributed by atoms with Crippen LogP contribution in [0.4, 0.5) is 0 Å². The van der Waals surface area contributed by atoms with Crippen LogP contribution >= 0.6 is 0 Å². The van der Waals surface area contributed by atoms with Crippen LogP contribution in [0.5, 0.6) is 0 Å². The van der Waals surface area contributed by atoms with Crippen molar-refractivity contribution in [3.63, 3.8) is 0 Å². The Morgan fingerprint density at radius 1 is 1.17 bits per heavy atom. The van der Waals surface area contributed by atoms with Gasteiger partial charge in [0.25, 0.3) is 0 Å². The van der Waals surface area contributed by atoms with Crippen molar-refractivity contribution in [3.05, 3.63) is 52.5 Å². The van der Waals surface area contributed by atoms with Crippen LogP contribution < -0.4 is 4.90 Å². The first kappa shape index (κ1) is 20.1. The van der Waals surface area contributed by atoms with Crippen molar-refractivity contribution in [1.29, 1.82) is 0 Å². The summed E-state index contributed by atoms with van der Waals surface area (Å²) in [7, 11) is -2.11. The molecule has 2 aromatic rings. The molecule has 2 heterocycles. The maximum absolute atomic E-state index is 13.1. The summed E-state index contributed by atoms with van der Waals surface area (Å²) in [6.45, 7) is 4.68. The van der Waals surface area contributed by atoms with Crippen LogP contribution in [0.3, 0.4) is 0 Å². The van der Waals surface area contributed by atoms with E-state index in [0.717, 1.165) is 19.3 Å². The topological polar surface area (TPSA) is 81.3 Å². The van der Waals surface area contributed by atoms with Crippen molar-refractivity contribution in [1.82, 2.24) is 4.31 Å². The number of methoxy groups -OCH3 is 1. The standard InChI is InChI=1S/C21H26N2O5S/c1-15-20(21(24)27-2)13-18(28-15)14-22-8-10-23(11-9-22)29(25,26)19-7-6-16-4-3-5-17(16)12-19/h6-7,12-13H,3-5,8-11,14H2,1-2H3/p+1. The Morgan fingerprint density at radius 2 is 1.90 bits per heavy atom. The lowest BCUT2D eigenvalue weighted by Crippen LogP contribution is -3.13. The molecule has 7 nitrogen and oxygen atoms in total. The van der Waals surface area contributed by atoms with E-state index < -0.39 is 16.0 Å². The second-order valence-electron chi connectivity index (χ2n) is 7.79. The molecule has 1 N–H and O–H groups in total. The minimum Gasteiger partial charge on any atom is -0.465 e. The molecule has 2 aliphatic rings. The van der Waals surface area contributed by atoms with Crippen molar-refractivity contribution in [2.24, 2.45) is 0 Å². The summed E-state index contributed by atoms with van der Waals surface area (Å²) in [5.74, 6) is 0.856. The third-order valence-corrected chi connectivity index (χ3v) is 7.83. The summed E-state index contributed by atoms with van der Waals surface area (Å²) >= 11 is 0. The van der Waals surface area contributed by atoms with Gasteiger partial charge in [-0.05, 0) is 49.4 Å². The van der Waals surface area contributed by atoms with Crippen molar-refractivity contribution < 1.29 is 27.3 Å². The zero-order valence-corrected chi connectivity index (χ0v) is 17.7. The number of carbonyl (C=O) groups excluding carboxylic acids is 1. The van der Waals surface area contributed by atoms with E-state index >= 15 is 0 Å². The third kappa shape index (κ3) is 3.97. The summed E-state index contributed by atoms with van der Waals surface area (Å²) in [4.78, 5) is 13.4. The Hall–Kier alpha value is -2.16. The Labute approximate surface area is 171 Å². The van der Waals surface area contributed by atoms with Gasteiger partial charge in [-0.1, -0.05) is 6.07 Å². The van der Waals surface area contributed by atoms with E-state index in [-0.39, 0.29) is 0 Å². The van der Waals surface area contributed by atoms with E-state index in [0.29, 0.717) is 54.7 Å². The first-order valence-electron chi connectivity index (χ1n) is 10.0. The summed E-state index contributed by atoms with van der Waals surface area (Å²) in [6.07, 6.45) is 3.11. The second-order valence-corrected chi connectivity index (χ2v) is 9.73. The van der Waals surface area contributed by atoms with Gasteiger partial charge in [-0.25, -0.2) is 13.2 Å². The van der Waals surface area contributed by atoms with E-state index in [1.54, 1.807) is 23.4 Å². The SMILES string of the molecule is COC(=O)c1cc(C[NH+]2CCN(S(=O)(=O)c3ccc4c(c3)CCC4)CC2)oc1C. The number of fused-ring (bicyclic) bond motifs is 1. The molecule has 1 aromatic carbocycles. The molecule has 0 amide bonds. The number of furan rings is 1. The van der Waals surface area contributed by atoms with Crippen LogP contribution in [0, 0.1) is 6.92 Å². The molecule has 0 atom stereocenters. The van der Waals surface area contributed by atoms with Gasteiger partial charge in [0.05, 0.1) is 38.2 Å². The van der Waals surface area contributed by atoms with Gasteiger partial charge in [-0.2, -0.15) is 4.31 Å². The quantitative estimate of drug-likeness (QED) is 0.730. The Morgan fingerprint density at radius 3 is 2.62 bits per heavy atom. The molecule has 0 spiro atoms. The molecule has 1 saturated heterocycles. The van der Waals surface area contributed by atoms with Crippen molar-refractivity contribution in [2.45, 2.75) is 37.6 Å². The number of nitrogens with zero attached hydrogens (tertiary/aromatic N) is 1.